The van der Waals surface area contributed by atoms with Crippen molar-refractivity contribution in [2.24, 2.45) is 0 Å². The van der Waals surface area contributed by atoms with E-state index in [9.17, 15) is 4.79 Å². The minimum absolute atomic E-state index is 0.0850. The second-order valence-corrected chi connectivity index (χ2v) is 4.91. The van der Waals surface area contributed by atoms with Crippen molar-refractivity contribution < 1.29 is 0 Å². The van der Waals surface area contributed by atoms with Crippen LogP contribution in [-0.2, 0) is 6.54 Å². The lowest BCUT2D eigenvalue weighted by Gasteiger charge is -2.21. The molecule has 0 amide bonds. The van der Waals surface area contributed by atoms with Gasteiger partial charge in [-0.15, -0.1) is 0 Å². The quantitative estimate of drug-likeness (QED) is 0.689. The average molecular weight is 301 g/mol. The SMILES string of the molecule is CCCCN(CCBr)CCn1ccccc1=O. The largest absolute Gasteiger partial charge is 0.314 e. The Labute approximate surface area is 112 Å². The molecule has 4 heteroatoms. The first kappa shape index (κ1) is 14.5. The lowest BCUT2D eigenvalue weighted by Crippen LogP contribution is -2.32. The zero-order chi connectivity index (χ0) is 12.5. The first-order valence-corrected chi connectivity index (χ1v) is 7.34. The van der Waals surface area contributed by atoms with Crippen molar-refractivity contribution in [3.05, 3.63) is 34.7 Å². The van der Waals surface area contributed by atoms with Crippen LogP contribution in [0.1, 0.15) is 19.8 Å². The Kier molecular flexibility index (Phi) is 7.21. The summed E-state index contributed by atoms with van der Waals surface area (Å²) in [4.78, 5) is 13.9. The molecule has 0 atom stereocenters. The highest BCUT2D eigenvalue weighted by Gasteiger charge is 2.03. The number of aromatic nitrogens is 1. The third-order valence-corrected chi connectivity index (χ3v) is 3.14. The van der Waals surface area contributed by atoms with Crippen LogP contribution in [-0.4, -0.2) is 34.4 Å². The molecule has 1 rings (SSSR count). The van der Waals surface area contributed by atoms with Crippen LogP contribution in [0.5, 0.6) is 0 Å². The summed E-state index contributed by atoms with van der Waals surface area (Å²) >= 11 is 3.47. The van der Waals surface area contributed by atoms with Crippen LogP contribution in [0.2, 0.25) is 0 Å². The van der Waals surface area contributed by atoms with E-state index in [2.05, 4.69) is 27.8 Å². The Balaban J connectivity index is 2.45. The van der Waals surface area contributed by atoms with Gasteiger partial charge in [-0.1, -0.05) is 35.3 Å². The fraction of sp³-hybridized carbons (Fsp3) is 0.615. The van der Waals surface area contributed by atoms with E-state index in [1.54, 1.807) is 16.7 Å². The molecular formula is C13H21BrN2O. The maximum Gasteiger partial charge on any atom is 0.250 e. The van der Waals surface area contributed by atoms with E-state index in [4.69, 9.17) is 0 Å². The van der Waals surface area contributed by atoms with Gasteiger partial charge in [-0.25, -0.2) is 0 Å². The minimum atomic E-state index is 0.0850. The van der Waals surface area contributed by atoms with Crippen LogP contribution < -0.4 is 5.56 Å². The van der Waals surface area contributed by atoms with Gasteiger partial charge < -0.3 is 9.47 Å². The molecule has 0 saturated carbocycles. The molecule has 1 aromatic heterocycles. The summed E-state index contributed by atoms with van der Waals surface area (Å²) in [5.41, 5.74) is 0.0850. The first-order valence-electron chi connectivity index (χ1n) is 6.21. The van der Waals surface area contributed by atoms with Gasteiger partial charge in [-0.05, 0) is 19.0 Å². The second kappa shape index (κ2) is 8.48. The molecule has 0 fully saturated rings. The van der Waals surface area contributed by atoms with E-state index < -0.39 is 0 Å². The fourth-order valence-corrected chi connectivity index (χ4v) is 2.23. The summed E-state index contributed by atoms with van der Waals surface area (Å²) in [6.07, 6.45) is 4.29. The lowest BCUT2D eigenvalue weighted by molar-refractivity contribution is 0.273. The van der Waals surface area contributed by atoms with Crippen molar-refractivity contribution in [2.75, 3.05) is 25.0 Å². The van der Waals surface area contributed by atoms with Gasteiger partial charge in [0.1, 0.15) is 0 Å². The predicted molar refractivity (Wildman–Crippen MR) is 75.8 cm³/mol. The highest BCUT2D eigenvalue weighted by atomic mass is 79.9. The van der Waals surface area contributed by atoms with Gasteiger partial charge in [0, 0.05) is 37.2 Å². The zero-order valence-corrected chi connectivity index (χ0v) is 12.0. The highest BCUT2D eigenvalue weighted by Crippen LogP contribution is 1.97. The van der Waals surface area contributed by atoms with Crippen LogP contribution in [0, 0.1) is 0 Å². The summed E-state index contributed by atoms with van der Waals surface area (Å²) in [6, 6.07) is 5.30. The number of pyridine rings is 1. The molecule has 1 aromatic rings. The van der Waals surface area contributed by atoms with E-state index >= 15 is 0 Å². The van der Waals surface area contributed by atoms with Gasteiger partial charge in [0.2, 0.25) is 0 Å². The number of alkyl halides is 1. The van der Waals surface area contributed by atoms with Crippen molar-refractivity contribution in [1.29, 1.82) is 0 Å². The average Bonchev–Trinajstić information content (AvgIpc) is 2.34. The summed E-state index contributed by atoms with van der Waals surface area (Å²) in [6.45, 7) is 6.07. The van der Waals surface area contributed by atoms with Crippen LogP contribution in [0.4, 0.5) is 0 Å². The lowest BCUT2D eigenvalue weighted by atomic mass is 10.3. The molecule has 0 aromatic carbocycles. The number of hydrogen-bond acceptors (Lipinski definition) is 2. The Bertz CT molecular complexity index is 364. The van der Waals surface area contributed by atoms with Gasteiger partial charge in [0.25, 0.3) is 5.56 Å². The topological polar surface area (TPSA) is 25.2 Å². The van der Waals surface area contributed by atoms with E-state index in [0.717, 1.165) is 31.5 Å². The van der Waals surface area contributed by atoms with Gasteiger partial charge >= 0.3 is 0 Å². The highest BCUT2D eigenvalue weighted by molar-refractivity contribution is 9.09. The second-order valence-electron chi connectivity index (χ2n) is 4.12. The molecule has 0 spiro atoms. The van der Waals surface area contributed by atoms with Crippen molar-refractivity contribution in [1.82, 2.24) is 9.47 Å². The van der Waals surface area contributed by atoms with Gasteiger partial charge in [-0.2, -0.15) is 0 Å². The maximum atomic E-state index is 11.5. The number of nitrogens with zero attached hydrogens (tertiary/aromatic N) is 2. The van der Waals surface area contributed by atoms with Crippen LogP contribution in [0.25, 0.3) is 0 Å². The normalized spacial score (nSPS) is 11.0. The molecule has 0 N–H and O–H groups in total. The van der Waals surface area contributed by atoms with E-state index in [-0.39, 0.29) is 5.56 Å². The monoisotopic (exact) mass is 300 g/mol. The first-order chi connectivity index (χ1) is 8.27. The molecule has 0 aliphatic rings. The van der Waals surface area contributed by atoms with Crippen molar-refractivity contribution in [3.8, 4) is 0 Å². The molecule has 0 unspecified atom stereocenters. The summed E-state index contributed by atoms with van der Waals surface area (Å²) in [7, 11) is 0. The summed E-state index contributed by atoms with van der Waals surface area (Å²) < 4.78 is 1.77. The predicted octanol–water partition coefficient (Wildman–Crippen LogP) is 2.35. The fourth-order valence-electron chi connectivity index (χ4n) is 1.73. The van der Waals surface area contributed by atoms with Gasteiger partial charge in [-0.3, -0.25) is 4.79 Å². The van der Waals surface area contributed by atoms with E-state index in [1.165, 1.54) is 12.8 Å². The molecular weight excluding hydrogens is 280 g/mol. The molecule has 0 saturated heterocycles. The molecule has 0 aliphatic carbocycles. The molecule has 3 nitrogen and oxygen atoms in total. The Hall–Kier alpha value is -0.610. The molecule has 0 radical (unpaired) electrons. The van der Waals surface area contributed by atoms with Gasteiger partial charge in [0.15, 0.2) is 0 Å². The van der Waals surface area contributed by atoms with Gasteiger partial charge in [0.05, 0.1) is 0 Å². The number of halogens is 1. The molecule has 0 aliphatic heterocycles. The third kappa shape index (κ3) is 5.50. The Morgan fingerprint density at radius 1 is 1.29 bits per heavy atom. The molecule has 96 valence electrons. The molecule has 1 heterocycles. The number of unbranched alkanes of at least 4 members (excludes halogenated alkanes) is 1. The summed E-state index contributed by atoms with van der Waals surface area (Å²) in [5.74, 6) is 0. The van der Waals surface area contributed by atoms with Crippen LogP contribution >= 0.6 is 15.9 Å². The smallest absolute Gasteiger partial charge is 0.250 e. The van der Waals surface area contributed by atoms with E-state index in [1.807, 2.05) is 12.3 Å². The standard InChI is InChI=1S/C13H21BrN2O/c1-2-3-8-15(10-7-14)11-12-16-9-5-4-6-13(16)17/h4-6,9H,2-3,7-8,10-12H2,1H3. The maximum absolute atomic E-state index is 11.5. The Morgan fingerprint density at radius 2 is 2.12 bits per heavy atom. The molecule has 0 bridgehead atoms. The van der Waals surface area contributed by atoms with E-state index in [0.29, 0.717) is 0 Å². The van der Waals surface area contributed by atoms with Crippen molar-refractivity contribution in [2.45, 2.75) is 26.3 Å². The zero-order valence-electron chi connectivity index (χ0n) is 10.4. The number of rotatable bonds is 8. The Morgan fingerprint density at radius 3 is 2.76 bits per heavy atom. The van der Waals surface area contributed by atoms with Crippen LogP contribution in [0.3, 0.4) is 0 Å². The van der Waals surface area contributed by atoms with Crippen LogP contribution in [0.15, 0.2) is 29.2 Å². The van der Waals surface area contributed by atoms with Crippen molar-refractivity contribution >= 4 is 15.9 Å². The third-order valence-electron chi connectivity index (χ3n) is 2.78. The summed E-state index contributed by atoms with van der Waals surface area (Å²) in [5, 5.41) is 0.987. The van der Waals surface area contributed by atoms with Crippen molar-refractivity contribution in [3.63, 3.8) is 0 Å². The molecule has 17 heavy (non-hydrogen) atoms. The number of hydrogen-bond donors (Lipinski definition) is 0. The minimum Gasteiger partial charge on any atom is -0.314 e.